The van der Waals surface area contributed by atoms with Crippen LogP contribution in [0.3, 0.4) is 0 Å². The number of likely N-dealkylation sites (tertiary alicyclic amines) is 1. The zero-order valence-corrected chi connectivity index (χ0v) is 53.9. The second-order valence-corrected chi connectivity index (χ2v) is 28.8. The first kappa shape index (κ1) is 68.2. The molecule has 0 radical (unpaired) electrons. The molecule has 6 rings (SSSR count). The molecule has 0 spiro atoms. The van der Waals surface area contributed by atoms with Gasteiger partial charge >= 0.3 is 18.2 Å². The number of aryl methyl sites for hydroxylation is 2. The van der Waals surface area contributed by atoms with Gasteiger partial charge in [0.15, 0.2) is 5.78 Å². The average molecular weight is 1210 g/mol. The van der Waals surface area contributed by atoms with Crippen LogP contribution in [-0.2, 0) is 62.3 Å². The largest absolute Gasteiger partial charge is 0.481 e. The molecule has 2 aliphatic carbocycles. The fourth-order valence-corrected chi connectivity index (χ4v) is 12.3. The second-order valence-electron chi connectivity index (χ2n) is 27.1. The van der Waals surface area contributed by atoms with Crippen LogP contribution in [-0.4, -0.2) is 146 Å². The molecule has 20 heteroatoms. The van der Waals surface area contributed by atoms with Crippen LogP contribution in [0.25, 0.3) is 0 Å². The van der Waals surface area contributed by atoms with Gasteiger partial charge in [0.05, 0.1) is 17.8 Å². The molecule has 3 aromatic carbocycles. The van der Waals surface area contributed by atoms with Crippen molar-refractivity contribution in [2.75, 3.05) is 26.4 Å². The zero-order valence-electron chi connectivity index (χ0n) is 53.1. The molecule has 0 bridgehead atoms. The van der Waals surface area contributed by atoms with Gasteiger partial charge < -0.3 is 40.7 Å². The van der Waals surface area contributed by atoms with E-state index in [1.807, 2.05) is 87.5 Å². The molecule has 7 amide bonds. The Hall–Kier alpha value is -6.96. The summed E-state index contributed by atoms with van der Waals surface area (Å²) in [5.74, 6) is -5.76. The summed E-state index contributed by atoms with van der Waals surface area (Å²) in [5, 5.41) is 22.1. The molecule has 1 heterocycles. The van der Waals surface area contributed by atoms with Gasteiger partial charge in [-0.2, -0.15) is 0 Å². The van der Waals surface area contributed by atoms with E-state index in [1.54, 1.807) is 67.2 Å². The molecular weight excluding hydrogens is 1110 g/mol. The maximum atomic E-state index is 15.2. The second kappa shape index (κ2) is 28.3. The summed E-state index contributed by atoms with van der Waals surface area (Å²) in [6.45, 7) is 22.3. The number of rotatable bonds is 21. The summed E-state index contributed by atoms with van der Waals surface area (Å²) in [4.78, 5) is 130. The maximum absolute atomic E-state index is 15.2. The molecular formula is C66H93N7O12S. The van der Waals surface area contributed by atoms with Crippen molar-refractivity contribution in [2.45, 2.75) is 212 Å². The lowest BCUT2D eigenvalue weighted by atomic mass is 9.85. The molecule has 1 fully saturated rings. The number of thioether (sulfide) groups is 1. The Kier molecular flexibility index (Phi) is 22.4. The first-order valence-corrected chi connectivity index (χ1v) is 31.1. The number of Topliss-reactive ketones (excluding diaryl/α,β-unsaturated/α-hetero) is 1. The smallest absolute Gasteiger partial charge is 0.410 e. The van der Waals surface area contributed by atoms with E-state index in [2.05, 4.69) is 27.3 Å². The quantitative estimate of drug-likeness (QED) is 0.0669. The van der Waals surface area contributed by atoms with Crippen LogP contribution < -0.4 is 21.3 Å². The van der Waals surface area contributed by atoms with Gasteiger partial charge in [-0.05, 0) is 159 Å². The first-order chi connectivity index (χ1) is 40.0. The Morgan fingerprint density at radius 1 is 0.651 bits per heavy atom. The summed E-state index contributed by atoms with van der Waals surface area (Å²) in [5.41, 5.74) is 3.33. The van der Waals surface area contributed by atoms with Crippen molar-refractivity contribution in [1.82, 2.24) is 36.0 Å². The minimum atomic E-state index is -1.30. The molecule has 3 aliphatic rings. The average Bonchev–Trinajstić information content (AvgIpc) is 2.49. The molecule has 0 aromatic heterocycles. The van der Waals surface area contributed by atoms with Crippen LogP contribution in [0.1, 0.15) is 180 Å². The predicted molar refractivity (Wildman–Crippen MR) is 331 cm³/mol. The van der Waals surface area contributed by atoms with Gasteiger partial charge in [-0.25, -0.2) is 9.59 Å². The highest BCUT2D eigenvalue weighted by molar-refractivity contribution is 8.01. The van der Waals surface area contributed by atoms with Crippen LogP contribution in [0, 0.1) is 11.3 Å². The van der Waals surface area contributed by atoms with E-state index in [1.165, 1.54) is 25.9 Å². The van der Waals surface area contributed by atoms with E-state index < -0.39 is 99.2 Å². The number of ether oxygens (including phenoxy) is 2. The van der Waals surface area contributed by atoms with Crippen molar-refractivity contribution < 1.29 is 57.7 Å². The van der Waals surface area contributed by atoms with E-state index in [9.17, 15) is 38.7 Å². The van der Waals surface area contributed by atoms with Gasteiger partial charge in [-0.1, -0.05) is 93.6 Å². The Morgan fingerprint density at radius 2 is 1.13 bits per heavy atom. The van der Waals surface area contributed by atoms with Gasteiger partial charge in [0, 0.05) is 43.6 Å². The highest BCUT2D eigenvalue weighted by Crippen LogP contribution is 2.38. The van der Waals surface area contributed by atoms with Crippen molar-refractivity contribution >= 4 is 65.2 Å². The van der Waals surface area contributed by atoms with Crippen LogP contribution in [0.15, 0.2) is 72.8 Å². The fraction of sp³-hybridized carbons (Fsp3) is 0.591. The standard InChI is InChI=1S/C66H93N7O12S/c1-39(71(14)61(82)84-64(6,7)8)56(77)69-54(66(12,13)86-38-53(75)76)52(74)36-45(58(79)67-49-28-20-24-43-22-16-18-26-47(43)49)34-41-30-32-42(33-31-41)46-35-51(59(80)68-50-29-21-25-44-23-17-19-27-48(44)50)73(37-46)60(81)55(63(3,4)5)70-57(78)40(2)72(15)62(83)85-65(9,10)11/h16-19,22-23,26-27,30-33,39-40,45-46,49-51,54-55H,20-21,24-25,28-29,34-38H2,1-15H3,(H,67,79)(H,68,80)(H,69,77)(H,70,78)(H,75,76)/t39-,40-,45+,46?,49?,50?,51-,54+,55+/m0/s1. The van der Waals surface area contributed by atoms with Crippen molar-refractivity contribution in [1.29, 1.82) is 0 Å². The number of fused-ring (bicyclic) bond motifs is 2. The van der Waals surface area contributed by atoms with E-state index in [-0.39, 0.29) is 61.4 Å². The van der Waals surface area contributed by atoms with Crippen LogP contribution in [0.5, 0.6) is 0 Å². The number of carboxylic acid groups (broad SMARTS) is 1. The zero-order chi connectivity index (χ0) is 63.8. The minimum Gasteiger partial charge on any atom is -0.481 e. The molecule has 9 atom stereocenters. The lowest BCUT2D eigenvalue weighted by Gasteiger charge is -2.37. The number of benzene rings is 3. The van der Waals surface area contributed by atoms with Crippen molar-refractivity contribution in [3.05, 3.63) is 106 Å². The topological polar surface area (TPSA) is 250 Å². The summed E-state index contributed by atoms with van der Waals surface area (Å²) in [7, 11) is 2.87. The lowest BCUT2D eigenvalue weighted by molar-refractivity contribution is -0.144. The van der Waals surface area contributed by atoms with Crippen molar-refractivity contribution in [3.63, 3.8) is 0 Å². The monoisotopic (exact) mass is 1210 g/mol. The Balaban J connectivity index is 1.31. The number of likely N-dealkylation sites (N-methyl/N-ethyl adjacent to an activating group) is 2. The summed E-state index contributed by atoms with van der Waals surface area (Å²) < 4.78 is 9.83. The number of hydrogen-bond donors (Lipinski definition) is 5. The van der Waals surface area contributed by atoms with Crippen LogP contribution in [0.2, 0.25) is 0 Å². The van der Waals surface area contributed by atoms with Gasteiger partial charge in [0.1, 0.15) is 41.4 Å². The molecule has 1 saturated heterocycles. The third-order valence-electron chi connectivity index (χ3n) is 16.6. The van der Waals surface area contributed by atoms with E-state index in [0.29, 0.717) is 12.0 Å². The summed E-state index contributed by atoms with van der Waals surface area (Å²) in [6.07, 6.45) is 3.40. The molecule has 5 N–H and O–H groups in total. The minimum absolute atomic E-state index is 0.0883. The number of amides is 7. The van der Waals surface area contributed by atoms with Crippen LogP contribution in [0.4, 0.5) is 9.59 Å². The number of hydrogen-bond acceptors (Lipinski definition) is 12. The van der Waals surface area contributed by atoms with E-state index in [4.69, 9.17) is 9.47 Å². The first-order valence-electron chi connectivity index (χ1n) is 30.1. The number of carbonyl (C=O) groups excluding carboxylic acids is 8. The van der Waals surface area contributed by atoms with Gasteiger partial charge in [0.25, 0.3) is 0 Å². The maximum Gasteiger partial charge on any atom is 0.410 e. The number of aliphatic carboxylic acids is 1. The molecule has 19 nitrogen and oxygen atoms in total. The SMILES string of the molecule is C[C@@H](C(=O)N[C@H](C(=O)N1CC(c2ccc(C[C@H](CC(=O)[C@@H](NC(=O)[C@H](C)N(C)C(=O)OC(C)(C)C)C(C)(C)SCC(=O)O)C(=O)NC3CCCc4ccccc43)cc2)C[C@H]1C(=O)NC1CCCc2ccccc21)C(C)(C)C)N(C)C(=O)OC(C)(C)C. The highest BCUT2D eigenvalue weighted by atomic mass is 32.2. The predicted octanol–water partition coefficient (Wildman–Crippen LogP) is 9.00. The highest BCUT2D eigenvalue weighted by Gasteiger charge is 2.47. The normalized spacial score (nSPS) is 19.6. The third-order valence-corrected chi connectivity index (χ3v) is 17.9. The van der Waals surface area contributed by atoms with E-state index in [0.717, 1.165) is 76.6 Å². The summed E-state index contributed by atoms with van der Waals surface area (Å²) in [6, 6.07) is 17.4. The number of carbonyl (C=O) groups is 9. The van der Waals surface area contributed by atoms with Gasteiger partial charge in [-0.3, -0.25) is 43.4 Å². The summed E-state index contributed by atoms with van der Waals surface area (Å²) >= 11 is 0.966. The Morgan fingerprint density at radius 3 is 1.60 bits per heavy atom. The molecule has 86 heavy (non-hydrogen) atoms. The molecule has 1 aliphatic heterocycles. The van der Waals surface area contributed by atoms with Crippen LogP contribution >= 0.6 is 11.8 Å². The van der Waals surface area contributed by atoms with Crippen molar-refractivity contribution in [2.24, 2.45) is 11.3 Å². The van der Waals surface area contributed by atoms with Gasteiger partial charge in [-0.15, -0.1) is 11.8 Å². The number of nitrogens with zero attached hydrogens (tertiary/aromatic N) is 3. The Bertz CT molecular complexity index is 2960. The molecule has 3 unspecified atom stereocenters. The lowest BCUT2D eigenvalue weighted by Crippen LogP contribution is -2.60. The number of carboxylic acids is 1. The fourth-order valence-electron chi connectivity index (χ4n) is 11.4. The van der Waals surface area contributed by atoms with Gasteiger partial charge in [0.2, 0.25) is 29.5 Å². The molecule has 0 saturated carbocycles. The van der Waals surface area contributed by atoms with E-state index >= 15 is 9.59 Å². The molecule has 3 aromatic rings. The Labute approximate surface area is 512 Å². The molecule has 470 valence electrons. The third kappa shape index (κ3) is 18.1. The number of nitrogens with one attached hydrogen (secondary N) is 4. The number of ketones is 1. The van der Waals surface area contributed by atoms with Crippen molar-refractivity contribution in [3.8, 4) is 0 Å².